The van der Waals surface area contributed by atoms with Gasteiger partial charge in [-0.05, 0) is 31.5 Å². The van der Waals surface area contributed by atoms with E-state index >= 15 is 0 Å². The standard InChI is InChI=1S/C12H17Cl2N/c1-3-8-15-11(4-2)12-9(13)6-5-7-10(12)14/h5-7,11,15H,3-4,8H2,1-2H3. The molecular formula is C12H17Cl2N. The van der Waals surface area contributed by atoms with Crippen LogP contribution in [0.5, 0.6) is 0 Å². The predicted molar refractivity (Wildman–Crippen MR) is 67.8 cm³/mol. The number of benzene rings is 1. The minimum atomic E-state index is 0.256. The number of halogens is 2. The summed E-state index contributed by atoms with van der Waals surface area (Å²) in [7, 11) is 0. The van der Waals surface area contributed by atoms with Gasteiger partial charge in [0.2, 0.25) is 0 Å². The van der Waals surface area contributed by atoms with Gasteiger partial charge in [-0.1, -0.05) is 43.1 Å². The molecule has 0 amide bonds. The van der Waals surface area contributed by atoms with E-state index in [0.717, 1.165) is 35.0 Å². The third kappa shape index (κ3) is 3.37. The van der Waals surface area contributed by atoms with Crippen LogP contribution in [0, 0.1) is 0 Å². The van der Waals surface area contributed by atoms with Crippen molar-refractivity contribution in [2.24, 2.45) is 0 Å². The van der Waals surface area contributed by atoms with E-state index in [1.807, 2.05) is 18.2 Å². The topological polar surface area (TPSA) is 12.0 Å². The lowest BCUT2D eigenvalue weighted by Gasteiger charge is -2.19. The number of nitrogens with one attached hydrogen (secondary N) is 1. The normalized spacial score (nSPS) is 12.8. The summed E-state index contributed by atoms with van der Waals surface area (Å²) < 4.78 is 0. The lowest BCUT2D eigenvalue weighted by atomic mass is 10.0. The molecule has 1 rings (SSSR count). The van der Waals surface area contributed by atoms with Crippen molar-refractivity contribution in [2.75, 3.05) is 6.54 Å². The van der Waals surface area contributed by atoms with Gasteiger partial charge in [0.1, 0.15) is 0 Å². The first-order valence-corrected chi connectivity index (χ1v) is 6.13. The highest BCUT2D eigenvalue weighted by Gasteiger charge is 2.14. The van der Waals surface area contributed by atoms with E-state index in [1.165, 1.54) is 0 Å². The first-order chi connectivity index (χ1) is 7.20. The van der Waals surface area contributed by atoms with E-state index < -0.39 is 0 Å². The average molecular weight is 246 g/mol. The maximum absolute atomic E-state index is 6.16. The van der Waals surface area contributed by atoms with Gasteiger partial charge in [-0.25, -0.2) is 0 Å². The zero-order valence-corrected chi connectivity index (χ0v) is 10.7. The van der Waals surface area contributed by atoms with Gasteiger partial charge < -0.3 is 5.32 Å². The Hall–Kier alpha value is -0.240. The fraction of sp³-hybridized carbons (Fsp3) is 0.500. The van der Waals surface area contributed by atoms with Crippen LogP contribution in [-0.2, 0) is 0 Å². The van der Waals surface area contributed by atoms with Gasteiger partial charge in [0.25, 0.3) is 0 Å². The van der Waals surface area contributed by atoms with Crippen molar-refractivity contribution < 1.29 is 0 Å². The van der Waals surface area contributed by atoms with Gasteiger partial charge in [0.05, 0.1) is 0 Å². The Morgan fingerprint density at radius 3 is 2.27 bits per heavy atom. The summed E-state index contributed by atoms with van der Waals surface area (Å²) in [6, 6.07) is 5.91. The molecule has 0 aliphatic rings. The zero-order chi connectivity index (χ0) is 11.3. The van der Waals surface area contributed by atoms with Crippen LogP contribution in [0.1, 0.15) is 38.3 Å². The van der Waals surface area contributed by atoms with Crippen LogP contribution in [0.4, 0.5) is 0 Å². The lowest BCUT2D eigenvalue weighted by molar-refractivity contribution is 0.519. The second-order valence-corrected chi connectivity index (χ2v) is 4.36. The van der Waals surface area contributed by atoms with E-state index in [-0.39, 0.29) is 6.04 Å². The molecule has 0 bridgehead atoms. The Morgan fingerprint density at radius 2 is 1.80 bits per heavy atom. The molecule has 0 aromatic heterocycles. The molecule has 1 nitrogen and oxygen atoms in total. The molecule has 15 heavy (non-hydrogen) atoms. The van der Waals surface area contributed by atoms with Crippen molar-refractivity contribution in [3.05, 3.63) is 33.8 Å². The Morgan fingerprint density at radius 1 is 1.20 bits per heavy atom. The van der Waals surface area contributed by atoms with E-state index in [2.05, 4.69) is 19.2 Å². The molecule has 0 fully saturated rings. The molecule has 3 heteroatoms. The van der Waals surface area contributed by atoms with Gasteiger partial charge in [-0.15, -0.1) is 0 Å². The van der Waals surface area contributed by atoms with Crippen molar-refractivity contribution in [1.29, 1.82) is 0 Å². The smallest absolute Gasteiger partial charge is 0.0468 e. The van der Waals surface area contributed by atoms with Crippen molar-refractivity contribution in [1.82, 2.24) is 5.32 Å². The van der Waals surface area contributed by atoms with Gasteiger partial charge in [-0.2, -0.15) is 0 Å². The number of rotatable bonds is 5. The highest BCUT2D eigenvalue weighted by Crippen LogP contribution is 2.31. The third-order valence-electron chi connectivity index (χ3n) is 2.40. The van der Waals surface area contributed by atoms with Crippen LogP contribution in [0.25, 0.3) is 0 Å². The molecule has 84 valence electrons. The molecule has 0 radical (unpaired) electrons. The first-order valence-electron chi connectivity index (χ1n) is 5.38. The summed E-state index contributed by atoms with van der Waals surface area (Å²) in [6.07, 6.45) is 2.10. The highest BCUT2D eigenvalue weighted by atomic mass is 35.5. The summed E-state index contributed by atoms with van der Waals surface area (Å²) in [5, 5.41) is 4.94. The molecule has 0 aliphatic heterocycles. The Balaban J connectivity index is 2.90. The molecule has 1 N–H and O–H groups in total. The highest BCUT2D eigenvalue weighted by molar-refractivity contribution is 6.36. The second-order valence-electron chi connectivity index (χ2n) is 3.55. The first kappa shape index (κ1) is 12.8. The average Bonchev–Trinajstić information content (AvgIpc) is 2.22. The summed E-state index contributed by atoms with van der Waals surface area (Å²) in [6.45, 7) is 5.26. The maximum atomic E-state index is 6.16. The van der Waals surface area contributed by atoms with Crippen molar-refractivity contribution in [2.45, 2.75) is 32.7 Å². The molecule has 0 saturated heterocycles. The van der Waals surface area contributed by atoms with Crippen LogP contribution >= 0.6 is 23.2 Å². The lowest BCUT2D eigenvalue weighted by Crippen LogP contribution is -2.22. The molecule has 0 spiro atoms. The molecule has 1 atom stereocenters. The number of hydrogen-bond donors (Lipinski definition) is 1. The van der Waals surface area contributed by atoms with Crippen molar-refractivity contribution >= 4 is 23.2 Å². The van der Waals surface area contributed by atoms with Crippen molar-refractivity contribution in [3.63, 3.8) is 0 Å². The quantitative estimate of drug-likeness (QED) is 0.809. The largest absolute Gasteiger partial charge is 0.310 e. The fourth-order valence-electron chi connectivity index (χ4n) is 1.61. The summed E-state index contributed by atoms with van der Waals surface area (Å²) in [4.78, 5) is 0. The molecule has 0 aliphatic carbocycles. The molecule has 1 aromatic rings. The molecule has 0 heterocycles. The van der Waals surface area contributed by atoms with Gasteiger partial charge in [0.15, 0.2) is 0 Å². The van der Waals surface area contributed by atoms with Gasteiger partial charge in [-0.3, -0.25) is 0 Å². The summed E-state index contributed by atoms with van der Waals surface area (Å²) in [5.41, 5.74) is 1.02. The number of hydrogen-bond acceptors (Lipinski definition) is 1. The molecule has 1 unspecified atom stereocenters. The SMILES string of the molecule is CCCNC(CC)c1c(Cl)cccc1Cl. The molecule has 1 aromatic carbocycles. The molecule has 0 saturated carbocycles. The Kier molecular flexibility index (Phi) is 5.44. The van der Waals surface area contributed by atoms with Crippen LogP contribution in [0.3, 0.4) is 0 Å². The minimum absolute atomic E-state index is 0.256. The maximum Gasteiger partial charge on any atom is 0.0468 e. The fourth-order valence-corrected chi connectivity index (χ4v) is 2.27. The van der Waals surface area contributed by atoms with Gasteiger partial charge in [0, 0.05) is 21.7 Å². The summed E-state index contributed by atoms with van der Waals surface area (Å²) in [5.74, 6) is 0. The van der Waals surface area contributed by atoms with Crippen LogP contribution in [0.15, 0.2) is 18.2 Å². The van der Waals surface area contributed by atoms with E-state index in [1.54, 1.807) is 0 Å². The van der Waals surface area contributed by atoms with E-state index in [4.69, 9.17) is 23.2 Å². The zero-order valence-electron chi connectivity index (χ0n) is 9.19. The summed E-state index contributed by atoms with van der Waals surface area (Å²) >= 11 is 12.3. The second kappa shape index (κ2) is 6.37. The van der Waals surface area contributed by atoms with Crippen LogP contribution in [0.2, 0.25) is 10.0 Å². The minimum Gasteiger partial charge on any atom is -0.310 e. The molecular weight excluding hydrogens is 229 g/mol. The monoisotopic (exact) mass is 245 g/mol. The van der Waals surface area contributed by atoms with E-state index in [0.29, 0.717) is 0 Å². The Bertz CT molecular complexity index is 292. The van der Waals surface area contributed by atoms with Gasteiger partial charge >= 0.3 is 0 Å². The Labute approximate surface area is 102 Å². The van der Waals surface area contributed by atoms with Crippen LogP contribution < -0.4 is 5.32 Å². The van der Waals surface area contributed by atoms with E-state index in [9.17, 15) is 0 Å². The third-order valence-corrected chi connectivity index (χ3v) is 3.06. The van der Waals surface area contributed by atoms with Crippen LogP contribution in [-0.4, -0.2) is 6.54 Å². The van der Waals surface area contributed by atoms with Crippen molar-refractivity contribution in [3.8, 4) is 0 Å². The predicted octanol–water partition coefficient (Wildman–Crippen LogP) is 4.44.